The number of carbonyl (C=O) groups is 3. The van der Waals surface area contributed by atoms with Crippen molar-refractivity contribution in [1.29, 1.82) is 5.41 Å². The third kappa shape index (κ3) is 5.17. The molecule has 8 heteroatoms. The summed E-state index contributed by atoms with van der Waals surface area (Å²) in [6, 6.07) is 13.6. The molecule has 2 aliphatic rings. The predicted octanol–water partition coefficient (Wildman–Crippen LogP) is 4.48. The molecule has 1 fully saturated rings. The summed E-state index contributed by atoms with van der Waals surface area (Å²) in [5, 5.41) is 7.49. The van der Waals surface area contributed by atoms with Crippen LogP contribution < -0.4 is 5.73 Å². The highest BCUT2D eigenvalue weighted by Crippen LogP contribution is 2.49. The van der Waals surface area contributed by atoms with E-state index in [0.29, 0.717) is 37.9 Å². The molecule has 8 nitrogen and oxygen atoms in total. The topological polar surface area (TPSA) is 111 Å². The fourth-order valence-electron chi connectivity index (χ4n) is 6.02. The summed E-state index contributed by atoms with van der Waals surface area (Å²) in [6.07, 6.45) is 3.34. The lowest BCUT2D eigenvalue weighted by Gasteiger charge is -2.25. The number of rotatable bonds is 9. The van der Waals surface area contributed by atoms with Crippen molar-refractivity contribution < 1.29 is 14.4 Å². The van der Waals surface area contributed by atoms with Gasteiger partial charge >= 0.3 is 6.03 Å². The molecule has 0 bridgehead atoms. The fraction of sp³-hybridized carbons (Fsp3) is 0.467. The van der Waals surface area contributed by atoms with Gasteiger partial charge < -0.3 is 15.5 Å². The van der Waals surface area contributed by atoms with Crippen molar-refractivity contribution in [2.75, 3.05) is 27.2 Å². The van der Waals surface area contributed by atoms with E-state index in [2.05, 4.69) is 18.2 Å². The first kappa shape index (κ1) is 27.4. The highest BCUT2D eigenvalue weighted by molar-refractivity contribution is 5.99. The van der Waals surface area contributed by atoms with Crippen molar-refractivity contribution in [1.82, 2.24) is 14.7 Å². The van der Waals surface area contributed by atoms with E-state index in [0.717, 1.165) is 35.1 Å². The quantitative estimate of drug-likeness (QED) is 0.290. The van der Waals surface area contributed by atoms with Gasteiger partial charge in [-0.05, 0) is 67.5 Å². The Hall–Kier alpha value is -3.68. The second-order valence-corrected chi connectivity index (χ2v) is 10.5. The molecule has 1 saturated heterocycles. The first-order valence-electron chi connectivity index (χ1n) is 13.6. The molecule has 1 aliphatic heterocycles. The molecular formula is C30H39N5O3. The minimum atomic E-state index is -0.289. The third-order valence-electron chi connectivity index (χ3n) is 7.96. The van der Waals surface area contributed by atoms with E-state index in [9.17, 15) is 14.4 Å². The molecule has 1 aliphatic carbocycles. The molecule has 0 spiro atoms. The van der Waals surface area contributed by atoms with Crippen molar-refractivity contribution in [3.05, 3.63) is 59.2 Å². The van der Waals surface area contributed by atoms with Crippen molar-refractivity contribution in [2.24, 2.45) is 11.7 Å². The number of imide groups is 1. The Kier molecular flexibility index (Phi) is 8.19. The zero-order valence-corrected chi connectivity index (χ0v) is 22.9. The maximum atomic E-state index is 13.6. The molecular weight excluding hydrogens is 478 g/mol. The number of hydrogen-bond acceptors (Lipinski definition) is 4. The Morgan fingerprint density at radius 1 is 1.05 bits per heavy atom. The van der Waals surface area contributed by atoms with Crippen LogP contribution in [0.2, 0.25) is 0 Å². The molecule has 0 unspecified atom stereocenters. The van der Waals surface area contributed by atoms with E-state index in [-0.39, 0.29) is 41.6 Å². The van der Waals surface area contributed by atoms with Gasteiger partial charge in [0.2, 0.25) is 5.91 Å². The summed E-state index contributed by atoms with van der Waals surface area (Å²) in [5.74, 6) is -0.294. The van der Waals surface area contributed by atoms with Gasteiger partial charge in [-0.25, -0.2) is 4.79 Å². The lowest BCUT2D eigenvalue weighted by atomic mass is 9.83. The van der Waals surface area contributed by atoms with Gasteiger partial charge in [-0.15, -0.1) is 0 Å². The number of amides is 4. The number of likely N-dealkylation sites (tertiary alicyclic amines) is 1. The molecule has 38 heavy (non-hydrogen) atoms. The number of hydrogen-bond donors (Lipinski definition) is 2. The minimum absolute atomic E-state index is 0.0166. The maximum Gasteiger partial charge on any atom is 0.326 e. The lowest BCUT2D eigenvalue weighted by molar-refractivity contribution is -0.129. The van der Waals surface area contributed by atoms with Gasteiger partial charge in [0.05, 0.1) is 11.9 Å². The van der Waals surface area contributed by atoms with E-state index < -0.39 is 0 Å². The molecule has 1 heterocycles. The van der Waals surface area contributed by atoms with Crippen LogP contribution in [0.1, 0.15) is 66.9 Å². The first-order valence-corrected chi connectivity index (χ1v) is 13.6. The van der Waals surface area contributed by atoms with Crippen molar-refractivity contribution in [2.45, 2.75) is 57.9 Å². The summed E-state index contributed by atoms with van der Waals surface area (Å²) in [7, 11) is 3.36. The number of benzene rings is 2. The van der Waals surface area contributed by atoms with Crippen LogP contribution >= 0.6 is 0 Å². The van der Waals surface area contributed by atoms with Crippen molar-refractivity contribution >= 4 is 23.7 Å². The smallest absolute Gasteiger partial charge is 0.326 e. The van der Waals surface area contributed by atoms with Gasteiger partial charge in [-0.1, -0.05) is 36.8 Å². The lowest BCUT2D eigenvalue weighted by Crippen LogP contribution is -2.45. The van der Waals surface area contributed by atoms with Crippen LogP contribution in [0, 0.1) is 11.3 Å². The third-order valence-corrected chi connectivity index (χ3v) is 7.96. The Morgan fingerprint density at radius 2 is 1.76 bits per heavy atom. The summed E-state index contributed by atoms with van der Waals surface area (Å²) >= 11 is 0. The van der Waals surface area contributed by atoms with E-state index in [1.165, 1.54) is 9.80 Å². The SMILES string of the molecule is CCN(CC)C(=O)c1cccc(-c2ccc3c(c2)[C@H]2[C@H](CCCCC(=N)N)C(=O)N(C(=O)N(C)C)[C@@H]2C3)c1. The van der Waals surface area contributed by atoms with Gasteiger partial charge in [-0.3, -0.25) is 19.9 Å². The molecule has 3 atom stereocenters. The van der Waals surface area contributed by atoms with Crippen LogP contribution in [0.15, 0.2) is 42.5 Å². The number of nitrogens with one attached hydrogen (secondary N) is 1. The Labute approximate surface area is 225 Å². The number of unbranched alkanes of at least 4 members (excludes halogenated alkanes) is 1. The second-order valence-electron chi connectivity index (χ2n) is 10.5. The van der Waals surface area contributed by atoms with E-state index in [4.69, 9.17) is 11.1 Å². The monoisotopic (exact) mass is 517 g/mol. The minimum Gasteiger partial charge on any atom is -0.388 e. The van der Waals surface area contributed by atoms with Crippen molar-refractivity contribution in [3.8, 4) is 11.1 Å². The number of fused-ring (bicyclic) bond motifs is 3. The van der Waals surface area contributed by atoms with Crippen LogP contribution in [-0.2, 0) is 11.2 Å². The van der Waals surface area contributed by atoms with Gasteiger partial charge in [0.1, 0.15) is 0 Å². The Morgan fingerprint density at radius 3 is 2.42 bits per heavy atom. The zero-order chi connectivity index (χ0) is 27.6. The van der Waals surface area contributed by atoms with Gasteiger partial charge in [0.15, 0.2) is 0 Å². The number of nitrogens with two attached hydrogens (primary N) is 1. The highest BCUT2D eigenvalue weighted by Gasteiger charge is 2.54. The van der Waals surface area contributed by atoms with Crippen LogP contribution in [0.25, 0.3) is 11.1 Å². The van der Waals surface area contributed by atoms with E-state index in [1.807, 2.05) is 43.0 Å². The van der Waals surface area contributed by atoms with Crippen LogP contribution in [-0.4, -0.2) is 71.6 Å². The molecule has 4 amide bonds. The Bertz CT molecular complexity index is 1240. The molecule has 0 aromatic heterocycles. The van der Waals surface area contributed by atoms with Gasteiger partial charge in [0, 0.05) is 51.0 Å². The average molecular weight is 518 g/mol. The van der Waals surface area contributed by atoms with Crippen molar-refractivity contribution in [3.63, 3.8) is 0 Å². The molecule has 4 rings (SSSR count). The normalized spacial score (nSPS) is 19.7. The number of amidine groups is 1. The molecule has 2 aromatic rings. The van der Waals surface area contributed by atoms with Crippen LogP contribution in [0.5, 0.6) is 0 Å². The maximum absolute atomic E-state index is 13.6. The standard InChI is InChI=1S/C30H39N5O3/c1-5-34(6-2)28(36)22-11-9-10-19(16-22)20-14-15-21-18-25-27(24(21)17-20)23(12-7-8-13-26(31)32)29(37)35(25)30(38)33(3)4/h9-11,14-17,23,25,27H,5-8,12-13,18H2,1-4H3,(H3,31,32)/t23-,25+,27+/m0/s1. The fourth-order valence-corrected chi connectivity index (χ4v) is 6.02. The summed E-state index contributed by atoms with van der Waals surface area (Å²) < 4.78 is 0. The first-order chi connectivity index (χ1) is 18.2. The number of urea groups is 1. The van der Waals surface area contributed by atoms with Crippen LogP contribution in [0.3, 0.4) is 0 Å². The predicted molar refractivity (Wildman–Crippen MR) is 149 cm³/mol. The average Bonchev–Trinajstić information content (AvgIpc) is 3.39. The Balaban J connectivity index is 1.67. The molecule has 202 valence electrons. The molecule has 3 N–H and O–H groups in total. The largest absolute Gasteiger partial charge is 0.388 e. The van der Waals surface area contributed by atoms with E-state index in [1.54, 1.807) is 14.1 Å². The summed E-state index contributed by atoms with van der Waals surface area (Å²) in [6.45, 7) is 5.27. The molecule has 0 saturated carbocycles. The van der Waals surface area contributed by atoms with Crippen LogP contribution in [0.4, 0.5) is 4.79 Å². The van der Waals surface area contributed by atoms with E-state index >= 15 is 0 Å². The zero-order valence-electron chi connectivity index (χ0n) is 22.9. The number of nitrogens with zero attached hydrogens (tertiary/aromatic N) is 3. The highest BCUT2D eigenvalue weighted by atomic mass is 16.2. The van der Waals surface area contributed by atoms with Gasteiger partial charge in [0.25, 0.3) is 5.91 Å². The second kappa shape index (κ2) is 11.4. The number of carbonyl (C=O) groups excluding carboxylic acids is 3. The summed E-state index contributed by atoms with van der Waals surface area (Å²) in [4.78, 5) is 44.3. The summed E-state index contributed by atoms with van der Waals surface area (Å²) in [5.41, 5.74) is 10.4. The molecule has 0 radical (unpaired) electrons. The molecule has 2 aromatic carbocycles. The van der Waals surface area contributed by atoms with Gasteiger partial charge in [-0.2, -0.15) is 0 Å².